The first-order valence-electron chi connectivity index (χ1n) is 8.54. The summed E-state index contributed by atoms with van der Waals surface area (Å²) in [6, 6.07) is 13.4. The van der Waals surface area contributed by atoms with Crippen LogP contribution in [0.15, 0.2) is 57.9 Å². The number of fused-ring (bicyclic) bond motifs is 1. The van der Waals surface area contributed by atoms with Crippen molar-refractivity contribution in [2.75, 3.05) is 18.9 Å². The van der Waals surface area contributed by atoms with Crippen LogP contribution in [0.2, 0.25) is 0 Å². The van der Waals surface area contributed by atoms with Gasteiger partial charge in [0.15, 0.2) is 5.96 Å². The van der Waals surface area contributed by atoms with Crippen LogP contribution in [0.5, 0.6) is 0 Å². The smallest absolute Gasteiger partial charge is 0.243 e. The Morgan fingerprint density at radius 1 is 1.11 bits per heavy atom. The van der Waals surface area contributed by atoms with E-state index < -0.39 is 0 Å². The molecule has 28 heavy (non-hydrogen) atoms. The van der Waals surface area contributed by atoms with Gasteiger partial charge in [-0.2, -0.15) is 0 Å². The number of nitrogens with one attached hydrogen (secondary N) is 3. The maximum Gasteiger partial charge on any atom is 0.243 e. The van der Waals surface area contributed by atoms with Crippen LogP contribution in [-0.2, 0) is 11.3 Å². The predicted octanol–water partition coefficient (Wildman–Crippen LogP) is 3.80. The third-order valence-corrected chi connectivity index (χ3v) is 4.13. The molecule has 1 amide bonds. The molecule has 3 rings (SSSR count). The highest BCUT2D eigenvalue weighted by atomic mass is 127. The van der Waals surface area contributed by atoms with Gasteiger partial charge in [-0.15, -0.1) is 24.0 Å². The molecule has 8 heteroatoms. The number of rotatable bonds is 5. The molecule has 1 aromatic heterocycles. The fourth-order valence-electron chi connectivity index (χ4n) is 2.68. The van der Waals surface area contributed by atoms with Gasteiger partial charge in [-0.1, -0.05) is 18.2 Å². The zero-order valence-corrected chi connectivity index (χ0v) is 17.9. The van der Waals surface area contributed by atoms with Crippen LogP contribution in [0.25, 0.3) is 11.0 Å². The number of nitrogens with zero attached hydrogens (tertiary/aromatic N) is 1. The fourth-order valence-corrected chi connectivity index (χ4v) is 2.68. The Bertz CT molecular complexity index is 970. The van der Waals surface area contributed by atoms with Crippen molar-refractivity contribution in [3.8, 4) is 0 Å². The van der Waals surface area contributed by atoms with Crippen molar-refractivity contribution in [1.29, 1.82) is 0 Å². The number of halogens is 2. The van der Waals surface area contributed by atoms with E-state index in [0.29, 0.717) is 18.2 Å². The van der Waals surface area contributed by atoms with Gasteiger partial charge in [0.05, 0.1) is 13.1 Å². The molecule has 6 nitrogen and oxygen atoms in total. The summed E-state index contributed by atoms with van der Waals surface area (Å²) in [7, 11) is 1.62. The van der Waals surface area contributed by atoms with Gasteiger partial charge >= 0.3 is 0 Å². The standard InChI is InChI=1S/C20H21FN4O2.HI/c1-13-16-5-3-4-6-17(16)27-18(13)11-23-20(22-2)24-12-19(26)25-15-9-7-14(21)8-10-15;/h3-10H,11-12H2,1-2H3,(H,25,26)(H2,22,23,24);1H. The van der Waals surface area contributed by atoms with Crippen molar-refractivity contribution in [3.63, 3.8) is 0 Å². The van der Waals surface area contributed by atoms with Gasteiger partial charge in [-0.3, -0.25) is 9.79 Å². The molecule has 2 aromatic carbocycles. The van der Waals surface area contributed by atoms with Gasteiger partial charge in [-0.05, 0) is 37.3 Å². The number of aliphatic imine (C=N–C) groups is 1. The Morgan fingerprint density at radius 3 is 2.50 bits per heavy atom. The van der Waals surface area contributed by atoms with E-state index in [9.17, 15) is 9.18 Å². The lowest BCUT2D eigenvalue weighted by atomic mass is 10.1. The first kappa shape index (κ1) is 21.7. The number of anilines is 1. The summed E-state index contributed by atoms with van der Waals surface area (Å²) in [5.74, 6) is 0.681. The summed E-state index contributed by atoms with van der Waals surface area (Å²) >= 11 is 0. The van der Waals surface area contributed by atoms with Crippen molar-refractivity contribution in [2.45, 2.75) is 13.5 Å². The maximum absolute atomic E-state index is 12.9. The molecule has 0 aliphatic carbocycles. The van der Waals surface area contributed by atoms with Crippen LogP contribution in [-0.4, -0.2) is 25.5 Å². The second-order valence-corrected chi connectivity index (χ2v) is 5.98. The molecule has 0 unspecified atom stereocenters. The lowest BCUT2D eigenvalue weighted by Crippen LogP contribution is -2.41. The van der Waals surface area contributed by atoms with Crippen molar-refractivity contribution >= 4 is 52.5 Å². The number of aryl methyl sites for hydroxylation is 1. The van der Waals surface area contributed by atoms with E-state index in [1.54, 1.807) is 7.05 Å². The Morgan fingerprint density at radius 2 is 1.82 bits per heavy atom. The van der Waals surface area contributed by atoms with Gasteiger partial charge in [0.25, 0.3) is 0 Å². The Kier molecular flexibility index (Phi) is 7.80. The molecule has 0 aliphatic heterocycles. The first-order chi connectivity index (χ1) is 13.1. The number of para-hydroxylation sites is 1. The Labute approximate surface area is 179 Å². The van der Waals surface area contributed by atoms with Crippen molar-refractivity contribution in [3.05, 3.63) is 65.7 Å². The molecule has 0 spiro atoms. The van der Waals surface area contributed by atoms with Crippen molar-refractivity contribution in [2.24, 2.45) is 4.99 Å². The zero-order chi connectivity index (χ0) is 19.2. The minimum absolute atomic E-state index is 0. The number of benzene rings is 2. The number of hydrogen-bond acceptors (Lipinski definition) is 3. The summed E-state index contributed by atoms with van der Waals surface area (Å²) in [4.78, 5) is 16.1. The lowest BCUT2D eigenvalue weighted by molar-refractivity contribution is -0.115. The third-order valence-electron chi connectivity index (χ3n) is 4.13. The number of hydrogen-bond donors (Lipinski definition) is 3. The number of guanidine groups is 1. The number of furan rings is 1. The van der Waals surface area contributed by atoms with Crippen molar-refractivity contribution in [1.82, 2.24) is 10.6 Å². The van der Waals surface area contributed by atoms with E-state index in [-0.39, 0.29) is 42.2 Å². The molecule has 0 saturated heterocycles. The molecule has 0 radical (unpaired) electrons. The zero-order valence-electron chi connectivity index (χ0n) is 15.6. The van der Waals surface area contributed by atoms with Crippen LogP contribution < -0.4 is 16.0 Å². The van der Waals surface area contributed by atoms with Crippen LogP contribution in [0, 0.1) is 12.7 Å². The monoisotopic (exact) mass is 496 g/mol. The van der Waals surface area contributed by atoms with E-state index in [1.807, 2.05) is 31.2 Å². The average Bonchev–Trinajstić information content (AvgIpc) is 3.00. The van der Waals surface area contributed by atoms with Crippen LogP contribution in [0.3, 0.4) is 0 Å². The van der Waals surface area contributed by atoms with E-state index >= 15 is 0 Å². The first-order valence-corrected chi connectivity index (χ1v) is 8.54. The van der Waals surface area contributed by atoms with Gasteiger partial charge < -0.3 is 20.4 Å². The molecule has 3 N–H and O–H groups in total. The number of carbonyl (C=O) groups is 1. The normalized spacial score (nSPS) is 11.0. The summed E-state index contributed by atoms with van der Waals surface area (Å²) in [6.45, 7) is 2.48. The highest BCUT2D eigenvalue weighted by Gasteiger charge is 2.11. The summed E-state index contributed by atoms with van der Waals surface area (Å²) < 4.78 is 18.7. The molecular formula is C20H22FIN4O2. The van der Waals surface area contributed by atoms with E-state index in [4.69, 9.17) is 4.42 Å². The summed E-state index contributed by atoms with van der Waals surface area (Å²) in [5, 5.41) is 9.82. The minimum Gasteiger partial charge on any atom is -0.459 e. The summed E-state index contributed by atoms with van der Waals surface area (Å²) in [5.41, 5.74) is 2.44. The Balaban J connectivity index is 0.00000280. The quantitative estimate of drug-likeness (QED) is 0.285. The second kappa shape index (κ2) is 10.1. The lowest BCUT2D eigenvalue weighted by Gasteiger charge is -2.11. The van der Waals surface area contributed by atoms with Gasteiger partial charge in [0, 0.05) is 23.7 Å². The topological polar surface area (TPSA) is 78.7 Å². The minimum atomic E-state index is -0.350. The van der Waals surface area contributed by atoms with Gasteiger partial charge in [-0.25, -0.2) is 4.39 Å². The number of amides is 1. The maximum atomic E-state index is 12.9. The molecule has 0 bridgehead atoms. The number of carbonyl (C=O) groups excluding carboxylic acids is 1. The van der Waals surface area contributed by atoms with E-state index in [2.05, 4.69) is 20.9 Å². The third kappa shape index (κ3) is 5.44. The molecule has 0 aliphatic rings. The summed E-state index contributed by atoms with van der Waals surface area (Å²) in [6.07, 6.45) is 0. The van der Waals surface area contributed by atoms with E-state index in [1.165, 1.54) is 24.3 Å². The predicted molar refractivity (Wildman–Crippen MR) is 120 cm³/mol. The molecular weight excluding hydrogens is 474 g/mol. The molecule has 0 atom stereocenters. The highest BCUT2D eigenvalue weighted by Crippen LogP contribution is 2.24. The molecule has 3 aromatic rings. The molecule has 148 valence electrons. The van der Waals surface area contributed by atoms with Crippen molar-refractivity contribution < 1.29 is 13.6 Å². The Hall–Kier alpha value is -2.62. The largest absolute Gasteiger partial charge is 0.459 e. The van der Waals surface area contributed by atoms with E-state index in [0.717, 1.165) is 22.3 Å². The molecule has 0 fully saturated rings. The SMILES string of the molecule is CN=C(NCC(=O)Nc1ccc(F)cc1)NCc1oc2ccccc2c1C.I. The molecule has 0 saturated carbocycles. The second-order valence-electron chi connectivity index (χ2n) is 5.98. The fraction of sp³-hybridized carbons (Fsp3) is 0.200. The van der Waals surface area contributed by atoms with Crippen LogP contribution >= 0.6 is 24.0 Å². The average molecular weight is 496 g/mol. The highest BCUT2D eigenvalue weighted by molar-refractivity contribution is 14.0. The van der Waals surface area contributed by atoms with Crippen LogP contribution in [0.1, 0.15) is 11.3 Å². The van der Waals surface area contributed by atoms with Gasteiger partial charge in [0.1, 0.15) is 17.2 Å². The van der Waals surface area contributed by atoms with Gasteiger partial charge in [0.2, 0.25) is 5.91 Å². The molecule has 1 heterocycles. The van der Waals surface area contributed by atoms with Crippen LogP contribution in [0.4, 0.5) is 10.1 Å².